The summed E-state index contributed by atoms with van der Waals surface area (Å²) in [6, 6.07) is 7.34. The van der Waals surface area contributed by atoms with Crippen LogP contribution >= 0.6 is 34.2 Å². The second kappa shape index (κ2) is 13.1. The fraction of sp³-hybridized carbons (Fsp3) is 0.448. The minimum atomic E-state index is -1.99. The van der Waals surface area contributed by atoms with E-state index in [-0.39, 0.29) is 24.9 Å². The summed E-state index contributed by atoms with van der Waals surface area (Å²) < 4.78 is 26.2. The van der Waals surface area contributed by atoms with Gasteiger partial charge in [0.05, 0.1) is 25.0 Å². The Morgan fingerprint density at radius 1 is 1.26 bits per heavy atom. The number of ketones is 1. The zero-order valence-corrected chi connectivity index (χ0v) is 27.1. The molecule has 1 aromatic carbocycles. The number of imidazole rings is 1. The zero-order valence-electron chi connectivity index (χ0n) is 24.2. The number of nitrogens with zero attached hydrogens (tertiary/aromatic N) is 4. The Morgan fingerprint density at radius 2 is 1.95 bits per heavy atom. The molecule has 0 bridgehead atoms. The number of terminal acetylenes is 1. The monoisotopic (exact) mass is 723 g/mol. The molecule has 14 heteroatoms. The van der Waals surface area contributed by atoms with Crippen LogP contribution in [0, 0.1) is 21.3 Å². The number of Topliss-reactive ketones (excluding diaryl/α,β-unsaturated/α-hetero) is 1. The van der Waals surface area contributed by atoms with Crippen molar-refractivity contribution in [2.45, 2.75) is 58.2 Å². The lowest BCUT2D eigenvalue weighted by Crippen LogP contribution is -2.53. The molecule has 1 unspecified atom stereocenters. The first-order chi connectivity index (χ1) is 20.4. The largest absolute Gasteiger partial charge is 0.463 e. The molecule has 228 valence electrons. The lowest BCUT2D eigenvalue weighted by Gasteiger charge is -2.33. The van der Waals surface area contributed by atoms with E-state index in [4.69, 9.17) is 37.0 Å². The zero-order chi connectivity index (χ0) is 31.5. The Bertz CT molecular complexity index is 1580. The second-order valence-electron chi connectivity index (χ2n) is 10.1. The normalized spacial score (nSPS) is 22.9. The molecule has 1 fully saturated rings. The van der Waals surface area contributed by atoms with Crippen molar-refractivity contribution in [3.05, 3.63) is 45.0 Å². The summed E-state index contributed by atoms with van der Waals surface area (Å²) in [5.41, 5.74) is -1.88. The highest BCUT2D eigenvalue weighted by Crippen LogP contribution is 2.46. The molecule has 0 spiro atoms. The van der Waals surface area contributed by atoms with Gasteiger partial charge in [-0.15, -0.1) is 6.42 Å². The fourth-order valence-corrected chi connectivity index (χ4v) is 5.50. The summed E-state index contributed by atoms with van der Waals surface area (Å²) >= 11 is 8.34. The van der Waals surface area contributed by atoms with Crippen LogP contribution in [0.3, 0.4) is 0 Å². The third kappa shape index (κ3) is 6.33. The number of carbonyl (C=O) groups excluding carboxylic acids is 3. The Labute approximate surface area is 267 Å². The van der Waals surface area contributed by atoms with E-state index in [0.29, 0.717) is 22.5 Å². The predicted molar refractivity (Wildman–Crippen MR) is 165 cm³/mol. The molecule has 5 atom stereocenters. The summed E-state index contributed by atoms with van der Waals surface area (Å²) in [6.07, 6.45) is 4.39. The van der Waals surface area contributed by atoms with E-state index in [1.54, 1.807) is 25.5 Å². The van der Waals surface area contributed by atoms with Crippen molar-refractivity contribution < 1.29 is 33.3 Å². The Kier molecular flexibility index (Phi) is 9.95. The van der Waals surface area contributed by atoms with Crippen molar-refractivity contribution in [1.29, 1.82) is 0 Å². The van der Waals surface area contributed by atoms with Gasteiger partial charge in [0.2, 0.25) is 10.9 Å². The second-order valence-corrected chi connectivity index (χ2v) is 11.7. The first-order valence-corrected chi connectivity index (χ1v) is 14.8. The first-order valence-electron chi connectivity index (χ1n) is 13.3. The van der Waals surface area contributed by atoms with Crippen LogP contribution < -0.4 is 5.32 Å². The average molecular weight is 724 g/mol. The summed E-state index contributed by atoms with van der Waals surface area (Å²) in [4.78, 5) is 51.6. The van der Waals surface area contributed by atoms with Crippen molar-refractivity contribution >= 4 is 68.9 Å². The minimum Gasteiger partial charge on any atom is -0.463 e. The maximum atomic E-state index is 13.3. The quantitative estimate of drug-likeness (QED) is 0.102. The highest BCUT2D eigenvalue weighted by molar-refractivity contribution is 14.1. The van der Waals surface area contributed by atoms with E-state index in [9.17, 15) is 14.4 Å². The number of aromatic nitrogens is 4. The number of ether oxygens (including phenoxy) is 4. The summed E-state index contributed by atoms with van der Waals surface area (Å²) in [5, 5.41) is 2.87. The summed E-state index contributed by atoms with van der Waals surface area (Å²) in [7, 11) is 1.66. The van der Waals surface area contributed by atoms with Gasteiger partial charge in [0.1, 0.15) is 6.10 Å². The number of hydrogen-bond donors (Lipinski definition) is 1. The van der Waals surface area contributed by atoms with E-state index in [0.717, 1.165) is 3.57 Å². The van der Waals surface area contributed by atoms with Gasteiger partial charge in [-0.05, 0) is 72.7 Å². The third-order valence-electron chi connectivity index (χ3n) is 7.35. The van der Waals surface area contributed by atoms with Gasteiger partial charge in [-0.3, -0.25) is 14.2 Å². The van der Waals surface area contributed by atoms with Crippen LogP contribution in [0.25, 0.3) is 11.2 Å². The third-order valence-corrected chi connectivity index (χ3v) is 8.24. The minimum absolute atomic E-state index is 0.0369. The molecule has 1 N–H and O–H groups in total. The molecule has 0 saturated carbocycles. The van der Waals surface area contributed by atoms with Gasteiger partial charge in [0.25, 0.3) is 0 Å². The topological polar surface area (TPSA) is 144 Å². The lowest BCUT2D eigenvalue weighted by molar-refractivity contribution is -0.182. The smallest absolute Gasteiger partial charge is 0.346 e. The van der Waals surface area contributed by atoms with Gasteiger partial charge < -0.3 is 24.3 Å². The summed E-state index contributed by atoms with van der Waals surface area (Å²) in [6.45, 7) is 5.56. The molecule has 3 heterocycles. The first kappa shape index (κ1) is 32.6. The van der Waals surface area contributed by atoms with Crippen LogP contribution in [0.5, 0.6) is 0 Å². The number of carbonyl (C=O) groups is 3. The number of rotatable bonds is 11. The van der Waals surface area contributed by atoms with Crippen LogP contribution in [0.2, 0.25) is 5.28 Å². The molecule has 43 heavy (non-hydrogen) atoms. The van der Waals surface area contributed by atoms with Crippen LogP contribution in [-0.2, 0) is 39.8 Å². The predicted octanol–water partition coefficient (Wildman–Crippen LogP) is 3.74. The van der Waals surface area contributed by atoms with Gasteiger partial charge in [0.15, 0.2) is 35.1 Å². The molecule has 4 rings (SSSR count). The number of halogens is 2. The molecular weight excluding hydrogens is 693 g/mol. The Morgan fingerprint density at radius 3 is 2.53 bits per heavy atom. The van der Waals surface area contributed by atoms with E-state index in [2.05, 4.69) is 48.8 Å². The molecule has 1 aliphatic rings. The van der Waals surface area contributed by atoms with E-state index < -0.39 is 47.2 Å². The van der Waals surface area contributed by atoms with E-state index in [1.807, 2.05) is 24.3 Å². The lowest BCUT2D eigenvalue weighted by atomic mass is 9.81. The number of benzene rings is 1. The van der Waals surface area contributed by atoms with E-state index >= 15 is 0 Å². The van der Waals surface area contributed by atoms with E-state index in [1.165, 1.54) is 20.2 Å². The van der Waals surface area contributed by atoms with Gasteiger partial charge in [-0.2, -0.15) is 9.97 Å². The van der Waals surface area contributed by atoms with Gasteiger partial charge in [0, 0.05) is 24.0 Å². The Hall–Kier alpha value is -3.32. The maximum absolute atomic E-state index is 13.3. The van der Waals surface area contributed by atoms with Gasteiger partial charge in [-0.25, -0.2) is 9.78 Å². The summed E-state index contributed by atoms with van der Waals surface area (Å²) in [5.74, 6) is 1.10. The molecule has 1 aliphatic heterocycles. The van der Waals surface area contributed by atoms with Crippen molar-refractivity contribution in [2.24, 2.45) is 5.41 Å². The molecule has 1 saturated heterocycles. The van der Waals surface area contributed by atoms with Crippen molar-refractivity contribution in [3.63, 3.8) is 0 Å². The van der Waals surface area contributed by atoms with Gasteiger partial charge >= 0.3 is 11.9 Å². The highest BCUT2D eigenvalue weighted by Gasteiger charge is 2.58. The van der Waals surface area contributed by atoms with Crippen molar-refractivity contribution in [1.82, 2.24) is 19.5 Å². The maximum Gasteiger partial charge on any atom is 0.346 e. The fourth-order valence-electron chi connectivity index (χ4n) is 4.98. The Balaban J connectivity index is 1.75. The molecule has 0 amide bonds. The van der Waals surface area contributed by atoms with Crippen LogP contribution in [0.15, 0.2) is 30.6 Å². The molecule has 0 aliphatic carbocycles. The molecular formula is C29H31ClIN5O7. The van der Waals surface area contributed by atoms with Crippen LogP contribution in [0.4, 0.5) is 5.82 Å². The number of nitrogens with one attached hydrogen (secondary N) is 1. The van der Waals surface area contributed by atoms with Crippen molar-refractivity contribution in [3.8, 4) is 12.3 Å². The number of esters is 2. The number of anilines is 1. The SMILES string of the molecule is C#C[C@@]1(C)[C@@H](COC(Cc2ccc(I)cc2)(C(C)=O)C(=O)OCC)O[C@@H](n2cnc3c(NC)nc(Cl)nc32)[C@@H]1OC(C)=O. The molecule has 2 aromatic heterocycles. The number of fused-ring (bicyclic) bond motifs is 1. The number of hydrogen-bond acceptors (Lipinski definition) is 11. The van der Waals surface area contributed by atoms with Crippen LogP contribution in [0.1, 0.15) is 39.5 Å². The van der Waals surface area contributed by atoms with Crippen LogP contribution in [-0.4, -0.2) is 75.3 Å². The van der Waals surface area contributed by atoms with Gasteiger partial charge in [-0.1, -0.05) is 18.1 Å². The molecule has 0 radical (unpaired) electrons. The standard InChI is InChI=1S/C29H31ClIN5O7/c1-7-28(5)20(14-41-29(16(3)37,26(39)40-8-2)13-18-9-11-19(31)12-10-18)43-25(22(28)42-17(4)38)36-15-33-21-23(32-6)34-27(30)35-24(21)36/h1,9-12,15,20,22,25H,8,13-14H2,2-6H3,(H,32,34,35)/t20-,22+,25-,28+,29?/m1/s1. The highest BCUT2D eigenvalue weighted by atomic mass is 127. The van der Waals surface area contributed by atoms with Crippen molar-refractivity contribution in [2.75, 3.05) is 25.6 Å². The molecule has 12 nitrogen and oxygen atoms in total. The average Bonchev–Trinajstić information content (AvgIpc) is 3.50. The molecule has 3 aromatic rings.